The fourth-order valence-electron chi connectivity index (χ4n) is 1.64. The van der Waals surface area contributed by atoms with E-state index >= 15 is 0 Å². The number of hydrogen-bond donors (Lipinski definition) is 1. The number of rotatable bonds is 3. The van der Waals surface area contributed by atoms with Crippen molar-refractivity contribution < 1.29 is 0 Å². The Morgan fingerprint density at radius 3 is 2.74 bits per heavy atom. The molecule has 1 N–H and O–H groups in total. The maximum absolute atomic E-state index is 5.12. The van der Waals surface area contributed by atoms with E-state index in [0.29, 0.717) is 12.5 Å². The Balaban J connectivity index is 1.96. The summed E-state index contributed by atoms with van der Waals surface area (Å²) in [7, 11) is 0. The van der Waals surface area contributed by atoms with Crippen LogP contribution in [-0.2, 0) is 0 Å². The van der Waals surface area contributed by atoms with Crippen LogP contribution in [0, 0.1) is 12.3 Å². The fourth-order valence-corrected chi connectivity index (χ4v) is 1.64. The predicted octanol–water partition coefficient (Wildman–Crippen LogP) is 0.651. The van der Waals surface area contributed by atoms with Gasteiger partial charge in [0.05, 0.1) is 18.3 Å². The first kappa shape index (κ1) is 11.1. The van der Waals surface area contributed by atoms with Gasteiger partial charge in [-0.25, -0.2) is 0 Å². The summed E-state index contributed by atoms with van der Waals surface area (Å²) >= 11 is 0. The molecule has 0 bridgehead atoms. The molecule has 0 unspecified atom stereocenters. The number of terminal acetylenes is 1. The van der Waals surface area contributed by atoms with Crippen molar-refractivity contribution >= 4 is 16.9 Å². The Morgan fingerprint density at radius 1 is 1.16 bits per heavy atom. The highest BCUT2D eigenvalue weighted by atomic mass is 15.5. The van der Waals surface area contributed by atoms with E-state index in [-0.39, 0.29) is 5.95 Å². The second kappa shape index (κ2) is 4.70. The molecule has 0 aliphatic rings. The molecule has 3 aromatic rings. The van der Waals surface area contributed by atoms with Gasteiger partial charge in [-0.1, -0.05) is 24.1 Å². The van der Waals surface area contributed by atoms with E-state index < -0.39 is 0 Å². The lowest BCUT2D eigenvalue weighted by Gasteiger charge is -2.01. The summed E-state index contributed by atoms with van der Waals surface area (Å²) in [6.07, 6.45) is 6.86. The minimum absolute atomic E-state index is 0.290. The lowest BCUT2D eigenvalue weighted by molar-refractivity contribution is 0.745. The van der Waals surface area contributed by atoms with Crippen LogP contribution < -0.4 is 5.32 Å². The van der Waals surface area contributed by atoms with Crippen molar-refractivity contribution in [2.45, 2.75) is 0 Å². The van der Waals surface area contributed by atoms with Crippen LogP contribution in [0.15, 0.2) is 30.5 Å². The zero-order valence-corrected chi connectivity index (χ0v) is 9.85. The largest absolute Gasteiger partial charge is 0.341 e. The van der Waals surface area contributed by atoms with E-state index in [4.69, 9.17) is 6.42 Å². The lowest BCUT2D eigenvalue weighted by atomic mass is 10.3. The molecule has 7 nitrogen and oxygen atoms in total. The van der Waals surface area contributed by atoms with E-state index in [1.807, 2.05) is 24.3 Å². The molecule has 0 spiro atoms. The maximum Gasteiger partial charge on any atom is 0.289 e. The molecular weight excluding hydrogens is 242 g/mol. The highest BCUT2D eigenvalue weighted by molar-refractivity contribution is 5.79. The molecule has 7 heteroatoms. The first-order chi connectivity index (χ1) is 9.38. The average Bonchev–Trinajstić information content (AvgIpc) is 2.90. The van der Waals surface area contributed by atoms with Crippen molar-refractivity contribution in [3.63, 3.8) is 0 Å². The standard InChI is InChI=1S/C12H9N7/c1-2-7-13-11-15-17-12(18-16-11)19-10-6-4-3-5-9(10)8-14-19/h1,3-6,8H,7H2,(H,13,15,16). The van der Waals surface area contributed by atoms with Crippen molar-refractivity contribution in [1.82, 2.24) is 30.2 Å². The van der Waals surface area contributed by atoms with Crippen molar-refractivity contribution in [3.8, 4) is 18.3 Å². The van der Waals surface area contributed by atoms with Crippen LogP contribution in [0.5, 0.6) is 0 Å². The van der Waals surface area contributed by atoms with Gasteiger partial charge in [0.1, 0.15) is 0 Å². The molecule has 1 aromatic carbocycles. The summed E-state index contributed by atoms with van der Waals surface area (Å²) in [5.74, 6) is 3.02. The third-order valence-corrected chi connectivity index (χ3v) is 2.48. The van der Waals surface area contributed by atoms with Gasteiger partial charge >= 0.3 is 0 Å². The summed E-state index contributed by atoms with van der Waals surface area (Å²) in [6, 6.07) is 7.75. The first-order valence-corrected chi connectivity index (χ1v) is 5.56. The number of fused-ring (bicyclic) bond motifs is 1. The number of benzene rings is 1. The summed E-state index contributed by atoms with van der Waals surface area (Å²) < 4.78 is 1.58. The second-order valence-corrected chi connectivity index (χ2v) is 3.70. The molecule has 0 radical (unpaired) electrons. The molecule has 19 heavy (non-hydrogen) atoms. The first-order valence-electron chi connectivity index (χ1n) is 5.56. The fraction of sp³-hybridized carbons (Fsp3) is 0.0833. The van der Waals surface area contributed by atoms with E-state index in [9.17, 15) is 0 Å². The molecule has 0 atom stereocenters. The van der Waals surface area contributed by atoms with E-state index in [1.54, 1.807) is 10.9 Å². The zero-order chi connectivity index (χ0) is 13.1. The molecule has 3 rings (SSSR count). The van der Waals surface area contributed by atoms with E-state index in [2.05, 4.69) is 36.7 Å². The molecule has 0 saturated heterocycles. The van der Waals surface area contributed by atoms with Crippen LogP contribution in [-0.4, -0.2) is 36.7 Å². The predicted molar refractivity (Wildman–Crippen MR) is 69.6 cm³/mol. The van der Waals surface area contributed by atoms with Crippen LogP contribution in [0.25, 0.3) is 16.9 Å². The normalized spacial score (nSPS) is 10.3. The highest BCUT2D eigenvalue weighted by Crippen LogP contribution is 2.14. The minimum atomic E-state index is 0.290. The number of nitrogens with zero attached hydrogens (tertiary/aromatic N) is 6. The number of anilines is 1. The Kier molecular flexibility index (Phi) is 2.74. The lowest BCUT2D eigenvalue weighted by Crippen LogP contribution is -2.10. The van der Waals surface area contributed by atoms with Gasteiger partial charge in [0.15, 0.2) is 0 Å². The summed E-state index contributed by atoms with van der Waals surface area (Å²) in [6.45, 7) is 0.327. The molecular formula is C12H9N7. The second-order valence-electron chi connectivity index (χ2n) is 3.70. The molecule has 0 fully saturated rings. The van der Waals surface area contributed by atoms with Gasteiger partial charge in [0.2, 0.25) is 0 Å². The van der Waals surface area contributed by atoms with Crippen LogP contribution in [0.2, 0.25) is 0 Å². The van der Waals surface area contributed by atoms with Gasteiger partial charge in [-0.2, -0.15) is 9.78 Å². The molecule has 0 saturated carbocycles. The summed E-state index contributed by atoms with van der Waals surface area (Å²) in [5, 5.41) is 23.7. The Bertz CT molecular complexity index is 739. The van der Waals surface area contributed by atoms with Gasteiger partial charge in [0.25, 0.3) is 11.9 Å². The monoisotopic (exact) mass is 251 g/mol. The topological polar surface area (TPSA) is 81.4 Å². The molecule has 2 heterocycles. The Labute approximate surface area is 108 Å². The molecule has 2 aromatic heterocycles. The van der Waals surface area contributed by atoms with Gasteiger partial charge in [0, 0.05) is 5.39 Å². The quantitative estimate of drug-likeness (QED) is 0.688. The van der Waals surface area contributed by atoms with Crippen molar-refractivity contribution in [1.29, 1.82) is 0 Å². The van der Waals surface area contributed by atoms with Crippen LogP contribution >= 0.6 is 0 Å². The maximum atomic E-state index is 5.12. The molecule has 0 amide bonds. The third kappa shape index (κ3) is 2.07. The van der Waals surface area contributed by atoms with Gasteiger partial charge in [-0.3, -0.25) is 0 Å². The number of para-hydroxylation sites is 1. The average molecular weight is 251 g/mol. The Hall–Kier alpha value is -3.01. The summed E-state index contributed by atoms with van der Waals surface area (Å²) in [5.41, 5.74) is 0.899. The van der Waals surface area contributed by atoms with E-state index in [1.165, 1.54) is 0 Å². The Morgan fingerprint density at radius 2 is 1.95 bits per heavy atom. The highest BCUT2D eigenvalue weighted by Gasteiger charge is 2.08. The van der Waals surface area contributed by atoms with E-state index in [0.717, 1.165) is 10.9 Å². The van der Waals surface area contributed by atoms with Crippen LogP contribution in [0.1, 0.15) is 0 Å². The third-order valence-electron chi connectivity index (χ3n) is 2.48. The van der Waals surface area contributed by atoms with Gasteiger partial charge in [-0.15, -0.1) is 26.8 Å². The number of aromatic nitrogens is 6. The molecule has 92 valence electrons. The van der Waals surface area contributed by atoms with Crippen molar-refractivity contribution in [2.75, 3.05) is 11.9 Å². The van der Waals surface area contributed by atoms with Crippen LogP contribution in [0.3, 0.4) is 0 Å². The zero-order valence-electron chi connectivity index (χ0n) is 9.85. The summed E-state index contributed by atoms with van der Waals surface area (Å²) in [4.78, 5) is 0. The van der Waals surface area contributed by atoms with Crippen molar-refractivity contribution in [2.24, 2.45) is 0 Å². The van der Waals surface area contributed by atoms with Gasteiger partial charge < -0.3 is 5.32 Å². The minimum Gasteiger partial charge on any atom is -0.341 e. The molecule has 0 aliphatic carbocycles. The smallest absolute Gasteiger partial charge is 0.289 e. The van der Waals surface area contributed by atoms with Gasteiger partial charge in [-0.05, 0) is 6.07 Å². The SMILES string of the molecule is C#CCNc1nnc(-n2ncc3ccccc32)nn1. The molecule has 0 aliphatic heterocycles. The number of hydrogen-bond acceptors (Lipinski definition) is 6. The van der Waals surface area contributed by atoms with Crippen LogP contribution in [0.4, 0.5) is 5.95 Å². The number of nitrogens with one attached hydrogen (secondary N) is 1. The van der Waals surface area contributed by atoms with Crippen molar-refractivity contribution in [3.05, 3.63) is 30.5 Å².